The maximum atomic E-state index is 13.6. The van der Waals surface area contributed by atoms with Crippen LogP contribution in [0.5, 0.6) is 0 Å². The number of anilines is 1. The molecule has 28 heavy (non-hydrogen) atoms. The van der Waals surface area contributed by atoms with Crippen molar-refractivity contribution in [3.8, 4) is 11.8 Å². The van der Waals surface area contributed by atoms with Gasteiger partial charge >= 0.3 is 11.8 Å². The van der Waals surface area contributed by atoms with E-state index in [1.165, 1.54) is 0 Å². The summed E-state index contributed by atoms with van der Waals surface area (Å²) >= 11 is 0. The highest BCUT2D eigenvalue weighted by Gasteiger charge is 2.17. The van der Waals surface area contributed by atoms with E-state index in [4.69, 9.17) is 4.42 Å². The summed E-state index contributed by atoms with van der Waals surface area (Å²) in [5.74, 6) is 2.44. The van der Waals surface area contributed by atoms with Gasteiger partial charge in [-0.3, -0.25) is 14.6 Å². The predicted octanol–water partition coefficient (Wildman–Crippen LogP) is 1.68. The van der Waals surface area contributed by atoms with Crippen LogP contribution in [0.4, 0.5) is 18.9 Å². The lowest BCUT2D eigenvalue weighted by atomic mass is 10.3. The van der Waals surface area contributed by atoms with Crippen LogP contribution in [-0.4, -0.2) is 32.1 Å². The molecule has 0 spiro atoms. The van der Waals surface area contributed by atoms with Gasteiger partial charge in [-0.05, 0) is 18.1 Å². The fourth-order valence-corrected chi connectivity index (χ4v) is 2.06. The Hall–Kier alpha value is -3.94. The van der Waals surface area contributed by atoms with Gasteiger partial charge in [0, 0.05) is 30.2 Å². The van der Waals surface area contributed by atoms with Gasteiger partial charge in [-0.15, -0.1) is 5.10 Å². The van der Waals surface area contributed by atoms with E-state index in [0.717, 1.165) is 6.20 Å². The molecule has 0 fully saturated rings. The van der Waals surface area contributed by atoms with Gasteiger partial charge in [-0.2, -0.15) is 0 Å². The second kappa shape index (κ2) is 8.17. The average Bonchev–Trinajstić information content (AvgIpc) is 3.14. The van der Waals surface area contributed by atoms with Gasteiger partial charge in [0.15, 0.2) is 5.82 Å². The summed E-state index contributed by atoms with van der Waals surface area (Å²) in [4.78, 5) is 27.4. The number of hydrogen-bond acceptors (Lipinski definition) is 6. The zero-order valence-electron chi connectivity index (χ0n) is 13.9. The third-order valence-corrected chi connectivity index (χ3v) is 3.25. The Morgan fingerprint density at radius 1 is 1.25 bits per heavy atom. The fraction of sp³-hybridized carbons (Fsp3) is 0.118. The fourth-order valence-electron chi connectivity index (χ4n) is 2.06. The molecule has 1 N–H and O–H groups in total. The lowest BCUT2D eigenvalue weighted by Crippen LogP contribution is -2.26. The van der Waals surface area contributed by atoms with E-state index in [1.807, 2.05) is 0 Å². The summed E-state index contributed by atoms with van der Waals surface area (Å²) in [5, 5.41) is 9.29. The van der Waals surface area contributed by atoms with E-state index in [1.54, 1.807) is 24.5 Å². The summed E-state index contributed by atoms with van der Waals surface area (Å²) in [6, 6.07) is 4.00. The van der Waals surface area contributed by atoms with Crippen LogP contribution in [-0.2, 0) is 6.54 Å². The third kappa shape index (κ3) is 4.61. The molecule has 3 aromatic rings. The van der Waals surface area contributed by atoms with Crippen LogP contribution in [0, 0.1) is 17.7 Å². The van der Waals surface area contributed by atoms with Crippen molar-refractivity contribution in [1.29, 1.82) is 0 Å². The number of hydrogen-bond donors (Lipinski definition) is 1. The van der Waals surface area contributed by atoms with E-state index in [0.29, 0.717) is 16.2 Å². The van der Waals surface area contributed by atoms with Gasteiger partial charge in [-0.1, -0.05) is 11.0 Å². The second-order valence-corrected chi connectivity index (χ2v) is 5.28. The van der Waals surface area contributed by atoms with Crippen molar-refractivity contribution in [2.75, 3.05) is 5.32 Å². The van der Waals surface area contributed by atoms with Gasteiger partial charge in [0.25, 0.3) is 17.9 Å². The molecule has 0 unspecified atom stereocenters. The molecule has 0 aromatic carbocycles. The monoisotopic (exact) mass is 389 g/mol. The summed E-state index contributed by atoms with van der Waals surface area (Å²) in [6.07, 6.45) is 1.10. The molecule has 3 rings (SSSR count). The number of nitrogens with one attached hydrogen (secondary N) is 1. The molecule has 0 bridgehead atoms. The first kappa shape index (κ1) is 18.8. The lowest BCUT2D eigenvalue weighted by Gasteiger charge is -2.08. The highest BCUT2D eigenvalue weighted by atomic mass is 19.3. The molecule has 1 amide bonds. The summed E-state index contributed by atoms with van der Waals surface area (Å²) in [5.41, 5.74) is -0.828. The second-order valence-electron chi connectivity index (χ2n) is 5.28. The van der Waals surface area contributed by atoms with Crippen molar-refractivity contribution in [2.45, 2.75) is 13.0 Å². The van der Waals surface area contributed by atoms with Crippen LogP contribution in [0.2, 0.25) is 0 Å². The Labute approximate surface area is 155 Å². The van der Waals surface area contributed by atoms with Gasteiger partial charge in [0.05, 0.1) is 12.2 Å². The van der Waals surface area contributed by atoms with Gasteiger partial charge in [-0.25, -0.2) is 13.2 Å². The first-order valence-electron chi connectivity index (χ1n) is 7.67. The molecule has 0 aliphatic rings. The Kier molecular flexibility index (Phi) is 5.50. The highest BCUT2D eigenvalue weighted by Crippen LogP contribution is 2.10. The average molecular weight is 389 g/mol. The number of rotatable bonds is 4. The Bertz CT molecular complexity index is 1120. The van der Waals surface area contributed by atoms with Crippen molar-refractivity contribution in [3.63, 3.8) is 0 Å². The first-order valence-corrected chi connectivity index (χ1v) is 7.67. The number of halogens is 3. The van der Waals surface area contributed by atoms with Crippen molar-refractivity contribution in [3.05, 3.63) is 70.3 Å². The molecule has 0 aliphatic heterocycles. The molecule has 0 atom stereocenters. The summed E-state index contributed by atoms with van der Waals surface area (Å²) in [7, 11) is 0. The number of carbonyl (C=O) groups excluding carboxylic acids is 1. The smallest absolute Gasteiger partial charge is 0.313 e. The van der Waals surface area contributed by atoms with E-state index in [2.05, 4.69) is 32.3 Å². The maximum absolute atomic E-state index is 13.6. The van der Waals surface area contributed by atoms with Crippen LogP contribution >= 0.6 is 0 Å². The van der Waals surface area contributed by atoms with Crippen LogP contribution in [0.25, 0.3) is 0 Å². The quantitative estimate of drug-likeness (QED) is 0.681. The number of nitrogens with zero attached hydrogens (tertiary/aromatic N) is 4. The predicted molar refractivity (Wildman–Crippen MR) is 89.1 cm³/mol. The Morgan fingerprint density at radius 2 is 2.00 bits per heavy atom. The van der Waals surface area contributed by atoms with Gasteiger partial charge < -0.3 is 14.3 Å². The minimum atomic E-state index is -2.87. The molecule has 0 saturated heterocycles. The molecule has 0 aliphatic carbocycles. The zero-order chi connectivity index (χ0) is 20.1. The number of alkyl halides is 2. The summed E-state index contributed by atoms with van der Waals surface area (Å²) < 4.78 is 44.1. The van der Waals surface area contributed by atoms with E-state index in [-0.39, 0.29) is 11.6 Å². The summed E-state index contributed by atoms with van der Waals surface area (Å²) in [6.45, 7) is -1.02. The van der Waals surface area contributed by atoms with E-state index >= 15 is 0 Å². The largest absolute Gasteiger partial charge is 0.405 e. The SMILES string of the molecule is O=C(Nc1cc(F)c(=O)n(CC(F)F)c1)c1nnc(C#Cc2ccncc2)o1. The minimum Gasteiger partial charge on any atom is -0.405 e. The van der Waals surface area contributed by atoms with Crippen molar-refractivity contribution < 1.29 is 22.4 Å². The molecular weight excluding hydrogens is 379 g/mol. The molecular formula is C17H10F3N5O3. The van der Waals surface area contributed by atoms with Crippen LogP contribution in [0.1, 0.15) is 22.1 Å². The highest BCUT2D eigenvalue weighted by molar-refractivity contribution is 6.00. The number of aromatic nitrogens is 4. The molecule has 0 saturated carbocycles. The standard InChI is InChI=1S/C17H10F3N5O3/c18-12-7-11(8-25(17(12)27)9-13(19)20)22-15(26)16-24-23-14(28-16)2-1-10-3-5-21-6-4-10/h3-8,13H,9H2,(H,22,26). The number of amides is 1. The van der Waals surface area contributed by atoms with Crippen LogP contribution in [0.3, 0.4) is 0 Å². The maximum Gasteiger partial charge on any atom is 0.313 e. The Balaban J connectivity index is 1.76. The Morgan fingerprint density at radius 3 is 2.71 bits per heavy atom. The molecule has 11 heteroatoms. The van der Waals surface area contributed by atoms with E-state index in [9.17, 15) is 22.8 Å². The first-order chi connectivity index (χ1) is 13.4. The number of carbonyl (C=O) groups is 1. The third-order valence-electron chi connectivity index (χ3n) is 3.25. The van der Waals surface area contributed by atoms with Crippen LogP contribution in [0.15, 0.2) is 46.0 Å². The normalized spacial score (nSPS) is 10.4. The topological polar surface area (TPSA) is 103 Å². The van der Waals surface area contributed by atoms with E-state index < -0.39 is 36.1 Å². The van der Waals surface area contributed by atoms with Gasteiger partial charge in [0.1, 0.15) is 0 Å². The number of pyridine rings is 2. The molecule has 3 heterocycles. The van der Waals surface area contributed by atoms with Crippen molar-refractivity contribution in [1.82, 2.24) is 19.7 Å². The van der Waals surface area contributed by atoms with Crippen molar-refractivity contribution >= 4 is 11.6 Å². The van der Waals surface area contributed by atoms with Crippen molar-refractivity contribution in [2.24, 2.45) is 0 Å². The lowest BCUT2D eigenvalue weighted by molar-refractivity contribution is 0.0989. The molecule has 142 valence electrons. The zero-order valence-corrected chi connectivity index (χ0v) is 13.9. The molecule has 3 aromatic heterocycles. The molecule has 0 radical (unpaired) electrons. The van der Waals surface area contributed by atoms with Crippen LogP contribution < -0.4 is 10.9 Å². The minimum absolute atomic E-state index is 0.143. The van der Waals surface area contributed by atoms with Gasteiger partial charge in [0.2, 0.25) is 0 Å². The molecule has 8 nitrogen and oxygen atoms in total.